The number of hydrogen-bond acceptors (Lipinski definition) is 7. The van der Waals surface area contributed by atoms with Gasteiger partial charge in [-0.3, -0.25) is 4.90 Å². The van der Waals surface area contributed by atoms with Crippen LogP contribution in [0.15, 0.2) is 91.2 Å². The Kier molecular flexibility index (Phi) is 5.98. The summed E-state index contributed by atoms with van der Waals surface area (Å²) < 4.78 is 22.7. The molecule has 0 radical (unpaired) electrons. The van der Waals surface area contributed by atoms with Crippen molar-refractivity contribution >= 4 is 21.9 Å². The number of aryl methyl sites for hydroxylation is 1. The number of methoxy groups -OCH3 is 1. The molecule has 186 valence electrons. The summed E-state index contributed by atoms with van der Waals surface area (Å²) in [6, 6.07) is 22.5. The molecule has 0 saturated heterocycles. The van der Waals surface area contributed by atoms with Crippen molar-refractivity contribution in [1.29, 1.82) is 0 Å². The second kappa shape index (κ2) is 9.59. The molecule has 0 saturated carbocycles. The van der Waals surface area contributed by atoms with Crippen molar-refractivity contribution in [3.05, 3.63) is 105 Å². The standard InChI is InChI=1S/C30H25NO6/c1-34-26-11-5-10-20-15-23(30(33)37-28(20)26)22-16-27(32)36-29-21(22)12-13-25-24(29)17-31(18-35-25)14-6-9-19-7-3-2-4-8-19/h2-5,7-8,10-13,15-16H,6,9,14,17-18H2,1H3. The Labute approximate surface area is 212 Å². The molecule has 0 bridgehead atoms. The molecular formula is C30H25NO6. The second-order valence-corrected chi connectivity index (χ2v) is 9.14. The first-order valence-electron chi connectivity index (χ1n) is 12.2. The van der Waals surface area contributed by atoms with Crippen molar-refractivity contribution in [3.8, 4) is 22.6 Å². The molecule has 0 atom stereocenters. The molecule has 0 spiro atoms. The molecule has 6 rings (SSSR count). The Morgan fingerprint density at radius 3 is 2.59 bits per heavy atom. The van der Waals surface area contributed by atoms with E-state index < -0.39 is 11.3 Å². The monoisotopic (exact) mass is 495 g/mol. The van der Waals surface area contributed by atoms with Gasteiger partial charge in [-0.05, 0) is 42.7 Å². The molecule has 0 unspecified atom stereocenters. The van der Waals surface area contributed by atoms with Gasteiger partial charge in [-0.2, -0.15) is 0 Å². The van der Waals surface area contributed by atoms with E-state index in [-0.39, 0.29) is 5.56 Å². The fraction of sp³-hybridized carbons (Fsp3) is 0.200. The normalized spacial score (nSPS) is 13.4. The van der Waals surface area contributed by atoms with E-state index in [1.165, 1.54) is 18.7 Å². The highest BCUT2D eigenvalue weighted by Gasteiger charge is 2.23. The van der Waals surface area contributed by atoms with Gasteiger partial charge in [-0.15, -0.1) is 0 Å². The summed E-state index contributed by atoms with van der Waals surface area (Å²) in [6.07, 6.45) is 1.95. The molecule has 1 aliphatic heterocycles. The van der Waals surface area contributed by atoms with Gasteiger partial charge in [-0.1, -0.05) is 42.5 Å². The topological polar surface area (TPSA) is 82.1 Å². The number of rotatable bonds is 6. The minimum Gasteiger partial charge on any atom is -0.493 e. The number of ether oxygens (including phenoxy) is 2. The van der Waals surface area contributed by atoms with Crippen molar-refractivity contribution in [2.24, 2.45) is 0 Å². The van der Waals surface area contributed by atoms with Crippen molar-refractivity contribution in [1.82, 2.24) is 4.90 Å². The lowest BCUT2D eigenvalue weighted by molar-refractivity contribution is 0.0946. The van der Waals surface area contributed by atoms with E-state index in [4.69, 9.17) is 18.3 Å². The van der Waals surface area contributed by atoms with Gasteiger partial charge in [0, 0.05) is 35.5 Å². The van der Waals surface area contributed by atoms with Crippen LogP contribution in [0.2, 0.25) is 0 Å². The Hall–Kier alpha value is -4.36. The van der Waals surface area contributed by atoms with Crippen LogP contribution in [0, 0.1) is 0 Å². The summed E-state index contributed by atoms with van der Waals surface area (Å²) in [7, 11) is 1.52. The zero-order valence-corrected chi connectivity index (χ0v) is 20.4. The van der Waals surface area contributed by atoms with E-state index in [1.807, 2.05) is 42.5 Å². The lowest BCUT2D eigenvalue weighted by Crippen LogP contribution is -2.33. The molecular weight excluding hydrogens is 470 g/mol. The zero-order chi connectivity index (χ0) is 25.4. The second-order valence-electron chi connectivity index (χ2n) is 9.14. The van der Waals surface area contributed by atoms with E-state index in [2.05, 4.69) is 17.0 Å². The number of benzene rings is 3. The van der Waals surface area contributed by atoms with Crippen molar-refractivity contribution < 1.29 is 18.3 Å². The first kappa shape index (κ1) is 23.1. The zero-order valence-electron chi connectivity index (χ0n) is 20.4. The highest BCUT2D eigenvalue weighted by Crippen LogP contribution is 2.36. The largest absolute Gasteiger partial charge is 0.493 e. The van der Waals surface area contributed by atoms with Crippen LogP contribution in [0.3, 0.4) is 0 Å². The maximum absolute atomic E-state index is 13.0. The average Bonchev–Trinajstić information content (AvgIpc) is 2.92. The maximum atomic E-state index is 13.0. The SMILES string of the molecule is COc1cccc2cc(-c3cc(=O)oc4c5c(ccc34)OCN(CCCc3ccccc3)C5)c(=O)oc12. The quantitative estimate of drug-likeness (QED) is 0.293. The highest BCUT2D eigenvalue weighted by atomic mass is 16.5. The van der Waals surface area contributed by atoms with Crippen LogP contribution in [-0.4, -0.2) is 25.3 Å². The van der Waals surface area contributed by atoms with Crippen LogP contribution in [0.25, 0.3) is 33.1 Å². The predicted molar refractivity (Wildman–Crippen MR) is 141 cm³/mol. The van der Waals surface area contributed by atoms with Crippen molar-refractivity contribution in [2.75, 3.05) is 20.4 Å². The van der Waals surface area contributed by atoms with Crippen LogP contribution in [0.4, 0.5) is 0 Å². The first-order chi connectivity index (χ1) is 18.1. The minimum atomic E-state index is -0.555. The van der Waals surface area contributed by atoms with E-state index in [0.29, 0.717) is 52.3 Å². The molecule has 3 aromatic carbocycles. The van der Waals surface area contributed by atoms with Gasteiger partial charge in [0.25, 0.3) is 0 Å². The summed E-state index contributed by atoms with van der Waals surface area (Å²) in [5.74, 6) is 1.15. The Morgan fingerprint density at radius 1 is 0.892 bits per heavy atom. The van der Waals surface area contributed by atoms with Crippen molar-refractivity contribution in [3.63, 3.8) is 0 Å². The molecule has 3 heterocycles. The van der Waals surface area contributed by atoms with Crippen LogP contribution in [0.5, 0.6) is 11.5 Å². The van der Waals surface area contributed by atoms with Crippen LogP contribution in [0.1, 0.15) is 17.5 Å². The Bertz CT molecular complexity index is 1720. The van der Waals surface area contributed by atoms with Gasteiger partial charge >= 0.3 is 11.3 Å². The average molecular weight is 496 g/mol. The molecule has 0 amide bonds. The predicted octanol–water partition coefficient (Wildman–Crippen LogP) is 5.36. The summed E-state index contributed by atoms with van der Waals surface area (Å²) in [5, 5.41) is 1.35. The minimum absolute atomic E-state index is 0.287. The number of fused-ring (bicyclic) bond motifs is 4. The molecule has 5 aromatic rings. The van der Waals surface area contributed by atoms with Gasteiger partial charge in [-0.25, -0.2) is 9.59 Å². The molecule has 37 heavy (non-hydrogen) atoms. The molecule has 2 aromatic heterocycles. The summed E-state index contributed by atoms with van der Waals surface area (Å²) in [4.78, 5) is 27.9. The Morgan fingerprint density at radius 2 is 1.76 bits per heavy atom. The first-order valence-corrected chi connectivity index (χ1v) is 12.2. The van der Waals surface area contributed by atoms with E-state index >= 15 is 0 Å². The number of nitrogens with zero attached hydrogens (tertiary/aromatic N) is 1. The molecule has 0 aliphatic carbocycles. The van der Waals surface area contributed by atoms with E-state index in [1.54, 1.807) is 12.1 Å². The lowest BCUT2D eigenvalue weighted by atomic mass is 9.99. The highest BCUT2D eigenvalue weighted by molar-refractivity contribution is 5.97. The molecule has 7 nitrogen and oxygen atoms in total. The lowest BCUT2D eigenvalue weighted by Gasteiger charge is -2.29. The maximum Gasteiger partial charge on any atom is 0.344 e. The third-order valence-electron chi connectivity index (χ3n) is 6.77. The number of para-hydroxylation sites is 1. The Balaban J connectivity index is 1.37. The smallest absolute Gasteiger partial charge is 0.344 e. The summed E-state index contributed by atoms with van der Waals surface area (Å²) >= 11 is 0. The van der Waals surface area contributed by atoms with Crippen LogP contribution >= 0.6 is 0 Å². The van der Waals surface area contributed by atoms with Crippen LogP contribution in [-0.2, 0) is 13.0 Å². The summed E-state index contributed by atoms with van der Waals surface area (Å²) in [6.45, 7) is 1.88. The summed E-state index contributed by atoms with van der Waals surface area (Å²) in [5.41, 5.74) is 2.55. The van der Waals surface area contributed by atoms with E-state index in [0.717, 1.165) is 24.9 Å². The third kappa shape index (κ3) is 4.38. The van der Waals surface area contributed by atoms with Gasteiger partial charge < -0.3 is 18.3 Å². The van der Waals surface area contributed by atoms with Crippen molar-refractivity contribution in [2.45, 2.75) is 19.4 Å². The van der Waals surface area contributed by atoms with Gasteiger partial charge in [0.05, 0.1) is 18.2 Å². The fourth-order valence-corrected chi connectivity index (χ4v) is 4.96. The van der Waals surface area contributed by atoms with E-state index in [9.17, 15) is 9.59 Å². The van der Waals surface area contributed by atoms with Crippen LogP contribution < -0.4 is 20.7 Å². The molecule has 0 fully saturated rings. The molecule has 7 heteroatoms. The third-order valence-corrected chi connectivity index (χ3v) is 6.77. The molecule has 1 aliphatic rings. The van der Waals surface area contributed by atoms with Gasteiger partial charge in [0.1, 0.15) is 18.1 Å². The van der Waals surface area contributed by atoms with Gasteiger partial charge in [0.15, 0.2) is 11.3 Å². The number of hydrogen-bond donors (Lipinski definition) is 0. The molecule has 0 N–H and O–H groups in total. The fourth-order valence-electron chi connectivity index (χ4n) is 4.96. The van der Waals surface area contributed by atoms with Gasteiger partial charge in [0.2, 0.25) is 0 Å².